The number of amides is 1. The number of hydrogen-bond donors (Lipinski definition) is 1. The average molecular weight is 360 g/mol. The second kappa shape index (κ2) is 7.18. The van der Waals surface area contributed by atoms with Gasteiger partial charge in [0, 0.05) is 23.6 Å². The van der Waals surface area contributed by atoms with Gasteiger partial charge in [-0.15, -0.1) is 13.2 Å². The summed E-state index contributed by atoms with van der Waals surface area (Å²) in [6, 6.07) is 9.69. The smallest absolute Gasteiger partial charge is 0.406 e. The van der Waals surface area contributed by atoms with Crippen molar-refractivity contribution in [2.24, 2.45) is 0 Å². The van der Waals surface area contributed by atoms with E-state index < -0.39 is 12.3 Å². The lowest BCUT2D eigenvalue weighted by Gasteiger charge is -2.10. The van der Waals surface area contributed by atoms with Gasteiger partial charge in [0.15, 0.2) is 0 Å². The maximum absolute atomic E-state index is 12.3. The molecule has 0 aliphatic carbocycles. The number of alkyl halides is 3. The lowest BCUT2D eigenvalue weighted by atomic mass is 10.2. The SMILES string of the molecule is O=C(Nc1ccc(OC(F)(F)F)cc1)c1cccc(-c2cncnc2)n1. The van der Waals surface area contributed by atoms with Gasteiger partial charge in [0.05, 0.1) is 5.69 Å². The number of halogens is 3. The fourth-order valence-corrected chi connectivity index (χ4v) is 2.09. The van der Waals surface area contributed by atoms with E-state index in [4.69, 9.17) is 0 Å². The van der Waals surface area contributed by atoms with Gasteiger partial charge in [-0.05, 0) is 36.4 Å². The average Bonchev–Trinajstić information content (AvgIpc) is 2.63. The molecule has 3 rings (SSSR count). The van der Waals surface area contributed by atoms with Crippen molar-refractivity contribution >= 4 is 11.6 Å². The molecule has 0 atom stereocenters. The van der Waals surface area contributed by atoms with Crippen LogP contribution in [-0.4, -0.2) is 27.2 Å². The molecule has 1 N–H and O–H groups in total. The van der Waals surface area contributed by atoms with Crippen molar-refractivity contribution in [3.63, 3.8) is 0 Å². The van der Waals surface area contributed by atoms with E-state index in [-0.39, 0.29) is 11.4 Å². The Morgan fingerprint density at radius 1 is 1.00 bits per heavy atom. The second-order valence-electron chi connectivity index (χ2n) is 5.06. The number of carbonyl (C=O) groups excluding carboxylic acids is 1. The summed E-state index contributed by atoms with van der Waals surface area (Å²) in [5, 5.41) is 2.56. The minimum atomic E-state index is -4.77. The molecule has 0 fully saturated rings. The van der Waals surface area contributed by atoms with Gasteiger partial charge in [-0.25, -0.2) is 15.0 Å². The molecule has 2 heterocycles. The zero-order chi connectivity index (χ0) is 18.6. The summed E-state index contributed by atoms with van der Waals surface area (Å²) in [6.07, 6.45) is -0.255. The van der Waals surface area contributed by atoms with Crippen molar-refractivity contribution in [3.05, 3.63) is 66.9 Å². The third-order valence-electron chi connectivity index (χ3n) is 3.18. The zero-order valence-corrected chi connectivity index (χ0v) is 13.1. The van der Waals surface area contributed by atoms with E-state index in [1.165, 1.54) is 24.5 Å². The van der Waals surface area contributed by atoms with Crippen LogP contribution in [0.25, 0.3) is 11.3 Å². The molecular formula is C17H11F3N4O2. The van der Waals surface area contributed by atoms with Crippen LogP contribution in [-0.2, 0) is 0 Å². The number of carbonyl (C=O) groups is 1. The van der Waals surface area contributed by atoms with Gasteiger partial charge in [-0.1, -0.05) is 6.07 Å². The molecule has 0 aliphatic rings. The van der Waals surface area contributed by atoms with E-state index in [9.17, 15) is 18.0 Å². The van der Waals surface area contributed by atoms with Crippen LogP contribution in [0, 0.1) is 0 Å². The lowest BCUT2D eigenvalue weighted by Crippen LogP contribution is -2.17. The number of nitrogens with zero attached hydrogens (tertiary/aromatic N) is 3. The topological polar surface area (TPSA) is 77.0 Å². The molecule has 2 aromatic heterocycles. The summed E-state index contributed by atoms with van der Waals surface area (Å²) in [6.45, 7) is 0. The molecule has 0 aliphatic heterocycles. The van der Waals surface area contributed by atoms with Crippen molar-refractivity contribution < 1.29 is 22.7 Å². The molecule has 0 bridgehead atoms. The fourth-order valence-electron chi connectivity index (χ4n) is 2.09. The van der Waals surface area contributed by atoms with E-state index in [2.05, 4.69) is 25.0 Å². The highest BCUT2D eigenvalue weighted by Crippen LogP contribution is 2.24. The number of ether oxygens (including phenoxy) is 1. The molecule has 0 radical (unpaired) electrons. The van der Waals surface area contributed by atoms with Crippen molar-refractivity contribution in [2.75, 3.05) is 5.32 Å². The molecule has 0 unspecified atom stereocenters. The number of aromatic nitrogens is 3. The van der Waals surface area contributed by atoms with Crippen LogP contribution in [0.5, 0.6) is 5.75 Å². The van der Waals surface area contributed by atoms with Crippen molar-refractivity contribution in [3.8, 4) is 17.0 Å². The molecule has 1 aromatic carbocycles. The highest BCUT2D eigenvalue weighted by molar-refractivity contribution is 6.03. The molecular weight excluding hydrogens is 349 g/mol. The van der Waals surface area contributed by atoms with Crippen LogP contribution < -0.4 is 10.1 Å². The van der Waals surface area contributed by atoms with Crippen LogP contribution >= 0.6 is 0 Å². The molecule has 9 heteroatoms. The molecule has 0 spiro atoms. The summed E-state index contributed by atoms with van der Waals surface area (Å²) < 4.78 is 40.2. The van der Waals surface area contributed by atoms with Gasteiger partial charge in [0.2, 0.25) is 0 Å². The predicted molar refractivity (Wildman–Crippen MR) is 86.3 cm³/mol. The summed E-state index contributed by atoms with van der Waals surface area (Å²) >= 11 is 0. The number of benzene rings is 1. The number of pyridine rings is 1. The van der Waals surface area contributed by atoms with Crippen molar-refractivity contribution in [2.45, 2.75) is 6.36 Å². The third kappa shape index (κ3) is 4.53. The van der Waals surface area contributed by atoms with Crippen molar-refractivity contribution in [1.29, 1.82) is 0 Å². The minimum Gasteiger partial charge on any atom is -0.406 e. The molecule has 132 valence electrons. The van der Waals surface area contributed by atoms with Crippen LogP contribution in [0.2, 0.25) is 0 Å². The minimum absolute atomic E-state index is 0.141. The summed E-state index contributed by atoms with van der Waals surface area (Å²) in [5.41, 5.74) is 1.62. The molecule has 0 saturated carbocycles. The third-order valence-corrected chi connectivity index (χ3v) is 3.18. The quantitative estimate of drug-likeness (QED) is 0.768. The molecule has 3 aromatic rings. The largest absolute Gasteiger partial charge is 0.573 e. The zero-order valence-electron chi connectivity index (χ0n) is 13.1. The Morgan fingerprint density at radius 2 is 1.69 bits per heavy atom. The van der Waals surface area contributed by atoms with Crippen LogP contribution in [0.1, 0.15) is 10.5 Å². The number of rotatable bonds is 4. The Kier molecular flexibility index (Phi) is 4.78. The van der Waals surface area contributed by atoms with Crippen LogP contribution in [0.4, 0.5) is 18.9 Å². The Balaban J connectivity index is 1.72. The lowest BCUT2D eigenvalue weighted by molar-refractivity contribution is -0.274. The molecule has 0 saturated heterocycles. The monoisotopic (exact) mass is 360 g/mol. The summed E-state index contributed by atoms with van der Waals surface area (Å²) in [4.78, 5) is 24.3. The van der Waals surface area contributed by atoms with Crippen LogP contribution in [0.15, 0.2) is 61.2 Å². The normalized spacial score (nSPS) is 11.0. The maximum atomic E-state index is 12.3. The highest BCUT2D eigenvalue weighted by atomic mass is 19.4. The second-order valence-corrected chi connectivity index (χ2v) is 5.06. The van der Waals surface area contributed by atoms with Crippen molar-refractivity contribution in [1.82, 2.24) is 15.0 Å². The van der Waals surface area contributed by atoms with Gasteiger partial charge < -0.3 is 10.1 Å². The standard InChI is InChI=1S/C17H11F3N4O2/c18-17(19,20)26-13-6-4-12(5-7-13)23-16(25)15-3-1-2-14(24-15)11-8-21-10-22-9-11/h1-10H,(H,23,25). The van der Waals surface area contributed by atoms with E-state index in [1.54, 1.807) is 24.5 Å². The first-order chi connectivity index (χ1) is 12.4. The Labute approximate surface area is 145 Å². The summed E-state index contributed by atoms with van der Waals surface area (Å²) in [5.74, 6) is -0.882. The summed E-state index contributed by atoms with van der Waals surface area (Å²) in [7, 11) is 0. The van der Waals surface area contributed by atoms with E-state index in [0.29, 0.717) is 16.9 Å². The van der Waals surface area contributed by atoms with E-state index in [1.807, 2.05) is 0 Å². The van der Waals surface area contributed by atoms with E-state index >= 15 is 0 Å². The number of hydrogen-bond acceptors (Lipinski definition) is 5. The van der Waals surface area contributed by atoms with Gasteiger partial charge in [0.1, 0.15) is 17.8 Å². The number of nitrogens with one attached hydrogen (secondary N) is 1. The first kappa shape index (κ1) is 17.3. The Hall–Kier alpha value is -3.49. The maximum Gasteiger partial charge on any atom is 0.573 e. The van der Waals surface area contributed by atoms with Gasteiger partial charge in [0.25, 0.3) is 5.91 Å². The fraction of sp³-hybridized carbons (Fsp3) is 0.0588. The Bertz CT molecular complexity index is 900. The highest BCUT2D eigenvalue weighted by Gasteiger charge is 2.30. The Morgan fingerprint density at radius 3 is 2.35 bits per heavy atom. The van der Waals surface area contributed by atoms with Crippen LogP contribution in [0.3, 0.4) is 0 Å². The predicted octanol–water partition coefficient (Wildman–Crippen LogP) is 3.69. The van der Waals surface area contributed by atoms with Gasteiger partial charge in [-0.2, -0.15) is 0 Å². The number of anilines is 1. The molecule has 6 nitrogen and oxygen atoms in total. The van der Waals surface area contributed by atoms with E-state index in [0.717, 1.165) is 12.1 Å². The van der Waals surface area contributed by atoms with Gasteiger partial charge in [-0.3, -0.25) is 4.79 Å². The molecule has 26 heavy (non-hydrogen) atoms. The molecule has 1 amide bonds. The first-order valence-electron chi connectivity index (χ1n) is 7.30. The first-order valence-corrected chi connectivity index (χ1v) is 7.30. The van der Waals surface area contributed by atoms with Gasteiger partial charge >= 0.3 is 6.36 Å².